The van der Waals surface area contributed by atoms with Gasteiger partial charge in [-0.15, -0.1) is 0 Å². The van der Waals surface area contributed by atoms with Crippen LogP contribution >= 0.6 is 0 Å². The smallest absolute Gasteiger partial charge is 0.361 e. The normalized spacial score (nSPS) is 7.08. The SMILES string of the molecule is C.C.C.C.C.CCC.CCC.O=C(Oc1ccn[nH]c1=O)c1ccn[nH]1. The van der Waals surface area contributed by atoms with Crippen LogP contribution in [0.25, 0.3) is 0 Å². The van der Waals surface area contributed by atoms with E-state index >= 15 is 0 Å². The van der Waals surface area contributed by atoms with E-state index in [1.807, 2.05) is 0 Å². The second kappa shape index (κ2) is 24.8. The quantitative estimate of drug-likeness (QED) is 0.654. The average Bonchev–Trinajstić information content (AvgIpc) is 2.97. The summed E-state index contributed by atoms with van der Waals surface area (Å²) in [5.41, 5.74) is -0.392. The van der Waals surface area contributed by atoms with Crippen LogP contribution in [0.3, 0.4) is 0 Å². The molecule has 0 aliphatic carbocycles. The van der Waals surface area contributed by atoms with E-state index in [2.05, 4.69) is 48.1 Å². The van der Waals surface area contributed by atoms with Crippen LogP contribution in [0, 0.1) is 0 Å². The molecule has 0 unspecified atom stereocenters. The van der Waals surface area contributed by atoms with Gasteiger partial charge in [0.15, 0.2) is 5.75 Å². The molecule has 0 radical (unpaired) electrons. The van der Waals surface area contributed by atoms with Crippen LogP contribution in [-0.4, -0.2) is 26.4 Å². The van der Waals surface area contributed by atoms with Gasteiger partial charge in [0.2, 0.25) is 0 Å². The Labute approximate surface area is 160 Å². The van der Waals surface area contributed by atoms with Crippen LogP contribution in [0.1, 0.15) is 88.2 Å². The number of esters is 1. The summed E-state index contributed by atoms with van der Waals surface area (Å²) in [4.78, 5) is 22.5. The zero-order chi connectivity index (χ0) is 16.1. The highest BCUT2D eigenvalue weighted by molar-refractivity contribution is 5.88. The lowest BCUT2D eigenvalue weighted by Gasteiger charge is -1.99. The molecule has 0 aromatic carbocycles. The summed E-state index contributed by atoms with van der Waals surface area (Å²) in [7, 11) is 0. The zero-order valence-corrected chi connectivity index (χ0v) is 12.8. The molecule has 0 atom stereocenters. The molecule has 0 aliphatic heterocycles. The Morgan fingerprint density at radius 2 is 1.31 bits per heavy atom. The van der Waals surface area contributed by atoms with Crippen LogP contribution in [0.5, 0.6) is 5.75 Å². The van der Waals surface area contributed by atoms with E-state index in [1.165, 1.54) is 37.4 Å². The van der Waals surface area contributed by atoms with Crippen molar-refractivity contribution in [2.75, 3.05) is 0 Å². The number of hydrogen-bond acceptors (Lipinski definition) is 5. The van der Waals surface area contributed by atoms with Crippen LogP contribution in [0.4, 0.5) is 0 Å². The lowest BCUT2D eigenvalue weighted by Crippen LogP contribution is -2.17. The summed E-state index contributed by atoms with van der Waals surface area (Å²) in [5.74, 6) is -0.784. The number of aromatic amines is 2. The van der Waals surface area contributed by atoms with Crippen molar-refractivity contribution in [3.63, 3.8) is 0 Å². The highest BCUT2D eigenvalue weighted by atomic mass is 16.5. The van der Waals surface area contributed by atoms with Gasteiger partial charge in [-0.3, -0.25) is 9.89 Å². The summed E-state index contributed by atoms with van der Waals surface area (Å²) in [5, 5.41) is 11.6. The molecule has 0 amide bonds. The van der Waals surface area contributed by atoms with Gasteiger partial charge in [-0.2, -0.15) is 10.2 Å². The Balaban J connectivity index is -0.0000000814. The molecule has 2 aromatic rings. The summed E-state index contributed by atoms with van der Waals surface area (Å²) >= 11 is 0. The van der Waals surface area contributed by atoms with Gasteiger partial charge in [0.05, 0.1) is 6.20 Å². The number of aromatic nitrogens is 4. The van der Waals surface area contributed by atoms with Crippen LogP contribution in [-0.2, 0) is 0 Å². The summed E-state index contributed by atoms with van der Waals surface area (Å²) < 4.78 is 4.80. The Morgan fingerprint density at radius 1 is 0.885 bits per heavy atom. The van der Waals surface area contributed by atoms with E-state index in [1.54, 1.807) is 0 Å². The maximum Gasteiger partial charge on any atom is 0.361 e. The maximum absolute atomic E-state index is 11.4. The van der Waals surface area contributed by atoms with Crippen molar-refractivity contribution in [1.82, 2.24) is 20.4 Å². The standard InChI is InChI=1S/C8H6N4O3.2C3H8.5CH4/c13-7-6(2-4-10-12-7)15-8(14)5-1-3-9-11-5;2*1-3-2;;;;;/h1-4H,(H,9,11)(H,12,13);2*3H2,1-2H3;5*1H4. The number of nitrogens with zero attached hydrogens (tertiary/aromatic N) is 2. The van der Waals surface area contributed by atoms with Crippen LogP contribution in [0.2, 0.25) is 0 Å². The van der Waals surface area contributed by atoms with Crippen LogP contribution < -0.4 is 10.3 Å². The molecule has 2 heterocycles. The monoisotopic (exact) mass is 374 g/mol. The Morgan fingerprint density at radius 3 is 1.69 bits per heavy atom. The third-order valence-corrected chi connectivity index (χ3v) is 1.61. The molecule has 2 rings (SSSR count). The Hall–Kier alpha value is -2.44. The number of ether oxygens (including phenoxy) is 1. The molecule has 0 spiro atoms. The van der Waals surface area contributed by atoms with Crippen molar-refractivity contribution in [3.8, 4) is 5.75 Å². The zero-order valence-electron chi connectivity index (χ0n) is 12.8. The first kappa shape index (κ1) is 38.9. The van der Waals surface area contributed by atoms with Gasteiger partial charge in [-0.25, -0.2) is 9.89 Å². The molecule has 156 valence electrons. The molecule has 2 aromatic heterocycles. The highest BCUT2D eigenvalue weighted by Gasteiger charge is 2.11. The van der Waals surface area contributed by atoms with Gasteiger partial charge in [0.1, 0.15) is 5.69 Å². The van der Waals surface area contributed by atoms with Crippen molar-refractivity contribution in [2.24, 2.45) is 0 Å². The minimum Gasteiger partial charge on any atom is -0.416 e. The topological polar surface area (TPSA) is 101 Å². The van der Waals surface area contributed by atoms with Crippen molar-refractivity contribution >= 4 is 5.97 Å². The highest BCUT2D eigenvalue weighted by Crippen LogP contribution is 2.02. The van der Waals surface area contributed by atoms with Crippen molar-refractivity contribution in [3.05, 3.63) is 40.6 Å². The van der Waals surface area contributed by atoms with E-state index in [0.717, 1.165) is 0 Å². The number of nitrogens with one attached hydrogen (secondary N) is 2. The molecule has 26 heavy (non-hydrogen) atoms. The number of rotatable bonds is 2. The fraction of sp³-hybridized carbons (Fsp3) is 0.579. The largest absolute Gasteiger partial charge is 0.416 e. The van der Waals surface area contributed by atoms with Gasteiger partial charge in [0, 0.05) is 12.3 Å². The lowest BCUT2D eigenvalue weighted by atomic mass is 10.4. The molecule has 0 fully saturated rings. The number of carbonyl (C=O) groups is 1. The van der Waals surface area contributed by atoms with Crippen LogP contribution in [0.15, 0.2) is 29.3 Å². The predicted molar refractivity (Wildman–Crippen MR) is 114 cm³/mol. The minimum absolute atomic E-state index is 0. The van der Waals surface area contributed by atoms with Gasteiger partial charge in [0.25, 0.3) is 0 Å². The molecule has 0 saturated carbocycles. The van der Waals surface area contributed by atoms with E-state index in [4.69, 9.17) is 4.74 Å². The molecule has 7 nitrogen and oxygen atoms in total. The first-order chi connectivity index (χ1) is 10.1. The van der Waals surface area contributed by atoms with Gasteiger partial charge in [-0.1, -0.05) is 77.7 Å². The molecule has 0 aliphatic rings. The second-order valence-corrected chi connectivity index (χ2v) is 4.02. The lowest BCUT2D eigenvalue weighted by molar-refractivity contribution is 0.0725. The maximum atomic E-state index is 11.4. The first-order valence-corrected chi connectivity index (χ1v) is 6.85. The van der Waals surface area contributed by atoms with Crippen molar-refractivity contribution in [2.45, 2.75) is 77.7 Å². The van der Waals surface area contributed by atoms with Crippen molar-refractivity contribution < 1.29 is 9.53 Å². The van der Waals surface area contributed by atoms with Gasteiger partial charge >= 0.3 is 11.5 Å². The summed E-state index contributed by atoms with van der Waals surface area (Å²) in [6, 6.07) is 2.74. The van der Waals surface area contributed by atoms with E-state index in [-0.39, 0.29) is 48.6 Å². The average molecular weight is 375 g/mol. The number of H-pyrrole nitrogens is 2. The number of carbonyl (C=O) groups excluding carboxylic acids is 1. The third-order valence-electron chi connectivity index (χ3n) is 1.61. The Bertz CT molecular complexity index is 550. The minimum atomic E-state index is -0.677. The summed E-state index contributed by atoms with van der Waals surface area (Å²) in [6.45, 7) is 8.50. The number of hydrogen-bond donors (Lipinski definition) is 2. The van der Waals surface area contributed by atoms with E-state index < -0.39 is 11.5 Å². The molecule has 2 N–H and O–H groups in total. The fourth-order valence-electron chi connectivity index (χ4n) is 0.936. The predicted octanol–water partition coefficient (Wildman–Crippen LogP) is 5.73. The second-order valence-electron chi connectivity index (χ2n) is 4.02. The molecular formula is C19H42N4O3. The molecular weight excluding hydrogens is 332 g/mol. The molecule has 7 heteroatoms. The van der Waals surface area contributed by atoms with Crippen molar-refractivity contribution in [1.29, 1.82) is 0 Å². The van der Waals surface area contributed by atoms with E-state index in [0.29, 0.717) is 0 Å². The van der Waals surface area contributed by atoms with Gasteiger partial charge in [-0.05, 0) is 6.07 Å². The van der Waals surface area contributed by atoms with E-state index in [9.17, 15) is 9.59 Å². The molecule has 0 saturated heterocycles. The summed E-state index contributed by atoms with van der Waals surface area (Å²) in [6.07, 6.45) is 5.23. The van der Waals surface area contributed by atoms with Gasteiger partial charge < -0.3 is 4.74 Å². The first-order valence-electron chi connectivity index (χ1n) is 6.85. The molecule has 0 bridgehead atoms. The third kappa shape index (κ3) is 16.4. The fourth-order valence-corrected chi connectivity index (χ4v) is 0.936. The Kier molecular flexibility index (Phi) is 37.1.